The highest BCUT2D eigenvalue weighted by molar-refractivity contribution is 5.96. The van der Waals surface area contributed by atoms with Gasteiger partial charge in [0.2, 0.25) is 0 Å². The minimum atomic E-state index is -0.346. The minimum Gasteiger partial charge on any atom is -0.491 e. The Kier molecular flexibility index (Phi) is 5.34. The average molecular weight is 279 g/mol. The molecule has 0 aliphatic carbocycles. The third-order valence-corrected chi connectivity index (χ3v) is 3.49. The standard InChI is InChI=1S/C14H21N3O3/c1-19-11-6-7-17(10-11)8-9-20-13-5-3-2-4-12(13)14(18)16-15/h2-5,11H,6-10,15H2,1H3,(H,16,18). The van der Waals surface area contributed by atoms with E-state index >= 15 is 0 Å². The van der Waals surface area contributed by atoms with E-state index in [9.17, 15) is 4.79 Å². The highest BCUT2D eigenvalue weighted by Gasteiger charge is 2.21. The van der Waals surface area contributed by atoms with E-state index < -0.39 is 0 Å². The van der Waals surface area contributed by atoms with E-state index in [4.69, 9.17) is 15.3 Å². The molecule has 0 saturated carbocycles. The number of carbonyl (C=O) groups excluding carboxylic acids is 1. The first-order chi connectivity index (χ1) is 9.74. The highest BCUT2D eigenvalue weighted by atomic mass is 16.5. The molecule has 0 spiro atoms. The van der Waals surface area contributed by atoms with Gasteiger partial charge >= 0.3 is 0 Å². The van der Waals surface area contributed by atoms with Crippen LogP contribution in [-0.2, 0) is 4.74 Å². The summed E-state index contributed by atoms with van der Waals surface area (Å²) in [5.41, 5.74) is 2.57. The lowest BCUT2D eigenvalue weighted by Gasteiger charge is -2.16. The number of hydrazine groups is 1. The van der Waals surface area contributed by atoms with Gasteiger partial charge in [-0.3, -0.25) is 15.1 Å². The molecule has 1 aliphatic heterocycles. The van der Waals surface area contributed by atoms with Crippen LogP contribution in [0.2, 0.25) is 0 Å². The number of nitrogens with one attached hydrogen (secondary N) is 1. The maximum atomic E-state index is 11.6. The van der Waals surface area contributed by atoms with Gasteiger partial charge in [0, 0.05) is 26.7 Å². The third kappa shape index (κ3) is 3.69. The zero-order chi connectivity index (χ0) is 14.4. The van der Waals surface area contributed by atoms with Gasteiger partial charge in [0.25, 0.3) is 5.91 Å². The van der Waals surface area contributed by atoms with Crippen molar-refractivity contribution < 1.29 is 14.3 Å². The largest absolute Gasteiger partial charge is 0.491 e. The number of hydrogen-bond acceptors (Lipinski definition) is 5. The summed E-state index contributed by atoms with van der Waals surface area (Å²) in [4.78, 5) is 13.9. The first-order valence-corrected chi connectivity index (χ1v) is 6.72. The summed E-state index contributed by atoms with van der Waals surface area (Å²) in [7, 11) is 1.74. The van der Waals surface area contributed by atoms with E-state index in [-0.39, 0.29) is 5.91 Å². The molecular formula is C14H21N3O3. The first-order valence-electron chi connectivity index (χ1n) is 6.72. The Morgan fingerprint density at radius 3 is 3.00 bits per heavy atom. The van der Waals surface area contributed by atoms with Crippen LogP contribution in [-0.4, -0.2) is 50.3 Å². The van der Waals surface area contributed by atoms with Crippen molar-refractivity contribution in [2.45, 2.75) is 12.5 Å². The normalized spacial score (nSPS) is 19.0. The summed E-state index contributed by atoms with van der Waals surface area (Å²) >= 11 is 0. The monoisotopic (exact) mass is 279 g/mol. The van der Waals surface area contributed by atoms with Gasteiger partial charge in [-0.2, -0.15) is 0 Å². The van der Waals surface area contributed by atoms with Gasteiger partial charge in [-0.15, -0.1) is 0 Å². The van der Waals surface area contributed by atoms with Crippen molar-refractivity contribution in [3.8, 4) is 5.75 Å². The van der Waals surface area contributed by atoms with E-state index in [0.29, 0.717) is 24.0 Å². The number of methoxy groups -OCH3 is 1. The number of carbonyl (C=O) groups is 1. The molecule has 1 aliphatic rings. The molecule has 1 atom stereocenters. The van der Waals surface area contributed by atoms with E-state index in [2.05, 4.69) is 10.3 Å². The summed E-state index contributed by atoms with van der Waals surface area (Å²) in [6.07, 6.45) is 1.38. The van der Waals surface area contributed by atoms with Gasteiger partial charge in [-0.1, -0.05) is 12.1 Å². The molecule has 0 radical (unpaired) electrons. The van der Waals surface area contributed by atoms with Gasteiger partial charge in [0.05, 0.1) is 11.7 Å². The maximum absolute atomic E-state index is 11.6. The fourth-order valence-corrected chi connectivity index (χ4v) is 2.34. The number of amides is 1. The number of nitrogen functional groups attached to an aromatic ring is 1. The number of hydrogen-bond donors (Lipinski definition) is 2. The quantitative estimate of drug-likeness (QED) is 0.447. The molecule has 1 heterocycles. The van der Waals surface area contributed by atoms with Gasteiger partial charge in [-0.25, -0.2) is 5.84 Å². The van der Waals surface area contributed by atoms with Crippen LogP contribution in [0.15, 0.2) is 24.3 Å². The van der Waals surface area contributed by atoms with Crippen LogP contribution >= 0.6 is 0 Å². The second-order valence-corrected chi connectivity index (χ2v) is 4.77. The number of nitrogens with zero attached hydrogens (tertiary/aromatic N) is 1. The van der Waals surface area contributed by atoms with E-state index in [0.717, 1.165) is 26.1 Å². The number of nitrogens with two attached hydrogens (primary N) is 1. The van der Waals surface area contributed by atoms with Gasteiger partial charge in [-0.05, 0) is 18.6 Å². The lowest BCUT2D eigenvalue weighted by atomic mass is 10.2. The molecule has 0 bridgehead atoms. The summed E-state index contributed by atoms with van der Waals surface area (Å²) in [6.45, 7) is 3.31. The van der Waals surface area contributed by atoms with Gasteiger partial charge in [0.15, 0.2) is 0 Å². The summed E-state index contributed by atoms with van der Waals surface area (Å²) in [5.74, 6) is 5.36. The van der Waals surface area contributed by atoms with Crippen molar-refractivity contribution in [3.63, 3.8) is 0 Å². The molecule has 1 amide bonds. The third-order valence-electron chi connectivity index (χ3n) is 3.49. The second kappa shape index (κ2) is 7.23. The van der Waals surface area contributed by atoms with Gasteiger partial charge < -0.3 is 9.47 Å². The Labute approximate surface area is 118 Å². The second-order valence-electron chi connectivity index (χ2n) is 4.77. The first kappa shape index (κ1) is 14.8. The molecular weight excluding hydrogens is 258 g/mol. The van der Waals surface area contributed by atoms with Crippen molar-refractivity contribution >= 4 is 5.91 Å². The summed E-state index contributed by atoms with van der Waals surface area (Å²) in [5, 5.41) is 0. The Morgan fingerprint density at radius 1 is 1.50 bits per heavy atom. The lowest BCUT2D eigenvalue weighted by Crippen LogP contribution is -2.31. The van der Waals surface area contributed by atoms with E-state index in [1.807, 2.05) is 6.07 Å². The Hall–Kier alpha value is -1.63. The van der Waals surface area contributed by atoms with Crippen molar-refractivity contribution in [1.29, 1.82) is 0 Å². The molecule has 2 rings (SSSR count). The number of para-hydroxylation sites is 1. The van der Waals surface area contributed by atoms with Crippen LogP contribution in [0.3, 0.4) is 0 Å². The van der Waals surface area contributed by atoms with Gasteiger partial charge in [0.1, 0.15) is 12.4 Å². The number of rotatable bonds is 6. The van der Waals surface area contributed by atoms with E-state index in [1.165, 1.54) is 0 Å². The van der Waals surface area contributed by atoms with Crippen LogP contribution in [0.5, 0.6) is 5.75 Å². The average Bonchev–Trinajstić information content (AvgIpc) is 2.95. The van der Waals surface area contributed by atoms with Crippen LogP contribution in [0.4, 0.5) is 0 Å². The summed E-state index contributed by atoms with van der Waals surface area (Å²) in [6, 6.07) is 7.07. The van der Waals surface area contributed by atoms with Crippen molar-refractivity contribution in [1.82, 2.24) is 10.3 Å². The predicted molar refractivity (Wildman–Crippen MR) is 75.4 cm³/mol. The maximum Gasteiger partial charge on any atom is 0.268 e. The highest BCUT2D eigenvalue weighted by Crippen LogP contribution is 2.18. The predicted octanol–water partition coefficient (Wildman–Crippen LogP) is 0.390. The zero-order valence-corrected chi connectivity index (χ0v) is 11.7. The van der Waals surface area contributed by atoms with Crippen LogP contribution in [0, 0.1) is 0 Å². The number of ether oxygens (including phenoxy) is 2. The Bertz CT molecular complexity index is 453. The molecule has 1 saturated heterocycles. The van der Waals surface area contributed by atoms with Crippen LogP contribution < -0.4 is 16.0 Å². The summed E-state index contributed by atoms with van der Waals surface area (Å²) < 4.78 is 11.0. The van der Waals surface area contributed by atoms with Crippen molar-refractivity contribution in [2.75, 3.05) is 33.4 Å². The molecule has 110 valence electrons. The molecule has 0 aromatic heterocycles. The molecule has 3 N–H and O–H groups in total. The molecule has 6 heteroatoms. The molecule has 1 aromatic rings. The van der Waals surface area contributed by atoms with E-state index in [1.54, 1.807) is 25.3 Å². The van der Waals surface area contributed by atoms with Crippen molar-refractivity contribution in [2.24, 2.45) is 5.84 Å². The number of likely N-dealkylation sites (tertiary alicyclic amines) is 1. The molecule has 20 heavy (non-hydrogen) atoms. The van der Waals surface area contributed by atoms with Crippen LogP contribution in [0.25, 0.3) is 0 Å². The minimum absolute atomic E-state index is 0.324. The zero-order valence-electron chi connectivity index (χ0n) is 11.7. The number of benzene rings is 1. The van der Waals surface area contributed by atoms with Crippen molar-refractivity contribution in [3.05, 3.63) is 29.8 Å². The smallest absolute Gasteiger partial charge is 0.268 e. The molecule has 1 fully saturated rings. The fourth-order valence-electron chi connectivity index (χ4n) is 2.34. The topological polar surface area (TPSA) is 76.8 Å². The molecule has 6 nitrogen and oxygen atoms in total. The molecule has 1 unspecified atom stereocenters. The fraction of sp³-hybridized carbons (Fsp3) is 0.500. The SMILES string of the molecule is COC1CCN(CCOc2ccccc2C(=O)NN)C1. The lowest BCUT2D eigenvalue weighted by molar-refractivity contribution is 0.0948. The Balaban J connectivity index is 1.84. The molecule has 1 aromatic carbocycles. The Morgan fingerprint density at radius 2 is 2.30 bits per heavy atom. The van der Waals surface area contributed by atoms with Crippen LogP contribution in [0.1, 0.15) is 16.8 Å².